The second-order valence-corrected chi connectivity index (χ2v) is 7.84. The third-order valence-corrected chi connectivity index (χ3v) is 5.03. The van der Waals surface area contributed by atoms with Crippen molar-refractivity contribution in [3.05, 3.63) is 64.2 Å². The quantitative estimate of drug-likeness (QED) is 0.266. The highest BCUT2D eigenvalue weighted by Gasteiger charge is 2.09. The van der Waals surface area contributed by atoms with Crippen LogP contribution in [0.2, 0.25) is 0 Å². The van der Waals surface area contributed by atoms with Crippen LogP contribution in [0.3, 0.4) is 0 Å². The van der Waals surface area contributed by atoms with Crippen molar-refractivity contribution < 1.29 is 4.42 Å². The van der Waals surface area contributed by atoms with Gasteiger partial charge in [0.2, 0.25) is 5.89 Å². The van der Waals surface area contributed by atoms with Crippen LogP contribution in [0.1, 0.15) is 29.3 Å². The summed E-state index contributed by atoms with van der Waals surface area (Å²) in [6, 6.07) is 14.5. The number of aliphatic imine (C=N–C) groups is 1. The van der Waals surface area contributed by atoms with Gasteiger partial charge in [-0.3, -0.25) is 0 Å². The molecule has 0 fully saturated rings. The smallest absolute Gasteiger partial charge is 0.226 e. The van der Waals surface area contributed by atoms with E-state index >= 15 is 0 Å². The molecule has 5 nitrogen and oxygen atoms in total. The van der Waals surface area contributed by atoms with Gasteiger partial charge in [-0.15, -0.1) is 35.3 Å². The fourth-order valence-electron chi connectivity index (χ4n) is 2.75. The topological polar surface area (TPSA) is 62.5 Å². The number of aryl methyl sites for hydroxylation is 1. The maximum absolute atomic E-state index is 5.59. The number of benzene rings is 1. The van der Waals surface area contributed by atoms with Crippen molar-refractivity contribution in [1.29, 1.82) is 0 Å². The van der Waals surface area contributed by atoms with Gasteiger partial charge in [-0.2, -0.15) is 0 Å². The van der Waals surface area contributed by atoms with E-state index in [2.05, 4.69) is 53.5 Å². The highest BCUT2D eigenvalue weighted by atomic mass is 127. The van der Waals surface area contributed by atoms with E-state index in [4.69, 9.17) is 4.42 Å². The number of nitrogens with one attached hydrogen (secondary N) is 2. The molecule has 1 unspecified atom stereocenters. The van der Waals surface area contributed by atoms with Gasteiger partial charge in [0.25, 0.3) is 0 Å². The van der Waals surface area contributed by atoms with E-state index in [0.717, 1.165) is 30.2 Å². The van der Waals surface area contributed by atoms with Crippen molar-refractivity contribution in [3.63, 3.8) is 0 Å². The standard InChI is InChI=1S/C21H26N4OS.HI/c1-4-22-21(24-15(2)12-19-11-10-16(3)27-19)23-13-18-14-26-20(25-18)17-8-6-5-7-9-17;/h5-11,14-15H,4,12-13H2,1-3H3,(H2,22,23,24);1H. The third kappa shape index (κ3) is 6.63. The number of halogens is 1. The molecule has 0 aliphatic heterocycles. The molecule has 0 radical (unpaired) electrons. The number of thiophene rings is 1. The Morgan fingerprint density at radius 1 is 1.21 bits per heavy atom. The van der Waals surface area contributed by atoms with Gasteiger partial charge >= 0.3 is 0 Å². The molecule has 0 aliphatic rings. The number of hydrogen-bond donors (Lipinski definition) is 2. The molecule has 7 heteroatoms. The summed E-state index contributed by atoms with van der Waals surface area (Å²) >= 11 is 1.84. The van der Waals surface area contributed by atoms with Crippen LogP contribution in [0.25, 0.3) is 11.5 Å². The first-order valence-corrected chi connectivity index (χ1v) is 10.1. The molecule has 0 amide bonds. The summed E-state index contributed by atoms with van der Waals surface area (Å²) in [7, 11) is 0. The van der Waals surface area contributed by atoms with Gasteiger partial charge in [-0.25, -0.2) is 9.98 Å². The molecule has 2 heterocycles. The number of oxazole rings is 1. The largest absolute Gasteiger partial charge is 0.444 e. The highest BCUT2D eigenvalue weighted by Crippen LogP contribution is 2.18. The summed E-state index contributed by atoms with van der Waals surface area (Å²) < 4.78 is 5.59. The maximum atomic E-state index is 5.59. The minimum absolute atomic E-state index is 0. The Morgan fingerprint density at radius 3 is 2.68 bits per heavy atom. The van der Waals surface area contributed by atoms with Crippen LogP contribution in [0.5, 0.6) is 0 Å². The van der Waals surface area contributed by atoms with E-state index in [9.17, 15) is 0 Å². The van der Waals surface area contributed by atoms with Crippen LogP contribution in [-0.2, 0) is 13.0 Å². The molecule has 2 aromatic heterocycles. The van der Waals surface area contributed by atoms with Gasteiger partial charge in [0.15, 0.2) is 5.96 Å². The van der Waals surface area contributed by atoms with Crippen LogP contribution in [0, 0.1) is 6.92 Å². The van der Waals surface area contributed by atoms with Crippen molar-refractivity contribution in [2.24, 2.45) is 4.99 Å². The summed E-state index contributed by atoms with van der Waals surface area (Å²) in [6.45, 7) is 7.65. The second-order valence-electron chi connectivity index (χ2n) is 6.47. The Balaban J connectivity index is 0.00000280. The molecule has 2 N–H and O–H groups in total. The van der Waals surface area contributed by atoms with Crippen molar-refractivity contribution >= 4 is 41.3 Å². The normalized spacial score (nSPS) is 12.3. The molecule has 0 saturated carbocycles. The first-order valence-electron chi connectivity index (χ1n) is 9.24. The number of guanidine groups is 1. The van der Waals surface area contributed by atoms with Crippen LogP contribution in [0.15, 0.2) is 58.1 Å². The van der Waals surface area contributed by atoms with Crippen molar-refractivity contribution in [2.45, 2.75) is 39.8 Å². The number of nitrogens with zero attached hydrogens (tertiary/aromatic N) is 2. The maximum Gasteiger partial charge on any atom is 0.226 e. The lowest BCUT2D eigenvalue weighted by Crippen LogP contribution is -2.43. The zero-order valence-electron chi connectivity index (χ0n) is 16.4. The van der Waals surface area contributed by atoms with Gasteiger partial charge in [0.1, 0.15) is 12.0 Å². The minimum atomic E-state index is 0. The van der Waals surface area contributed by atoms with E-state index in [1.807, 2.05) is 41.7 Å². The van der Waals surface area contributed by atoms with Crippen LogP contribution in [0.4, 0.5) is 0 Å². The average Bonchev–Trinajstić information content (AvgIpc) is 3.30. The molecule has 3 rings (SSSR count). The fraction of sp³-hybridized carbons (Fsp3) is 0.333. The van der Waals surface area contributed by atoms with E-state index in [1.54, 1.807) is 6.26 Å². The summed E-state index contributed by atoms with van der Waals surface area (Å²) in [5.41, 5.74) is 1.78. The Morgan fingerprint density at radius 2 is 2.00 bits per heavy atom. The van der Waals surface area contributed by atoms with Crippen molar-refractivity contribution in [3.8, 4) is 11.5 Å². The summed E-state index contributed by atoms with van der Waals surface area (Å²) in [5.74, 6) is 1.42. The molecular formula is C21H27IN4OS. The SMILES string of the molecule is CCNC(=NCc1coc(-c2ccccc2)n1)NC(C)Cc1ccc(C)s1.I. The zero-order valence-corrected chi connectivity index (χ0v) is 19.6. The summed E-state index contributed by atoms with van der Waals surface area (Å²) in [4.78, 5) is 11.9. The van der Waals surface area contributed by atoms with E-state index in [0.29, 0.717) is 12.4 Å². The van der Waals surface area contributed by atoms with Crippen LogP contribution >= 0.6 is 35.3 Å². The fourth-order valence-corrected chi connectivity index (χ4v) is 3.77. The van der Waals surface area contributed by atoms with Gasteiger partial charge in [0, 0.05) is 34.3 Å². The number of rotatable bonds is 7. The molecule has 1 aromatic carbocycles. The minimum Gasteiger partial charge on any atom is -0.444 e. The molecule has 0 bridgehead atoms. The molecule has 150 valence electrons. The van der Waals surface area contributed by atoms with Gasteiger partial charge in [-0.1, -0.05) is 18.2 Å². The van der Waals surface area contributed by atoms with Gasteiger partial charge < -0.3 is 15.1 Å². The predicted octanol–water partition coefficient (Wildman–Crippen LogP) is 5.02. The molecule has 0 saturated heterocycles. The third-order valence-electron chi connectivity index (χ3n) is 4.00. The van der Waals surface area contributed by atoms with Crippen molar-refractivity contribution in [1.82, 2.24) is 15.6 Å². The molecule has 0 spiro atoms. The van der Waals surface area contributed by atoms with E-state index in [-0.39, 0.29) is 30.0 Å². The van der Waals surface area contributed by atoms with Crippen molar-refractivity contribution in [2.75, 3.05) is 6.54 Å². The van der Waals surface area contributed by atoms with Gasteiger partial charge in [-0.05, 0) is 45.0 Å². The Labute approximate surface area is 187 Å². The summed E-state index contributed by atoms with van der Waals surface area (Å²) in [5, 5.41) is 6.77. The first kappa shape index (κ1) is 22.4. The predicted molar refractivity (Wildman–Crippen MR) is 128 cm³/mol. The zero-order chi connectivity index (χ0) is 19.1. The highest BCUT2D eigenvalue weighted by molar-refractivity contribution is 14.0. The second kappa shape index (κ2) is 11.2. The van der Waals surface area contributed by atoms with Crippen LogP contribution < -0.4 is 10.6 Å². The average molecular weight is 510 g/mol. The summed E-state index contributed by atoms with van der Waals surface area (Å²) in [6.07, 6.45) is 2.65. The monoisotopic (exact) mass is 510 g/mol. The molecule has 0 aliphatic carbocycles. The Kier molecular flexibility index (Phi) is 8.98. The Bertz CT molecular complexity index is 875. The number of aromatic nitrogens is 1. The van der Waals surface area contributed by atoms with E-state index < -0.39 is 0 Å². The lowest BCUT2D eigenvalue weighted by Gasteiger charge is -2.17. The molecule has 3 aromatic rings. The molecule has 28 heavy (non-hydrogen) atoms. The lowest BCUT2D eigenvalue weighted by molar-refractivity contribution is 0.572. The number of hydrogen-bond acceptors (Lipinski definition) is 4. The Hall–Kier alpha value is -1.87. The van der Waals surface area contributed by atoms with Gasteiger partial charge in [0.05, 0.1) is 6.54 Å². The lowest BCUT2D eigenvalue weighted by atomic mass is 10.2. The molecular weight excluding hydrogens is 483 g/mol. The molecule has 1 atom stereocenters. The first-order chi connectivity index (χ1) is 13.1. The van der Waals surface area contributed by atoms with Crippen LogP contribution in [-0.4, -0.2) is 23.5 Å². The van der Waals surface area contributed by atoms with E-state index in [1.165, 1.54) is 9.75 Å².